The number of pyridine rings is 1. The molecule has 2 heterocycles. The molecule has 0 fully saturated rings. The number of rotatable bonds is 2. The Morgan fingerprint density at radius 3 is 2.52 bits per heavy atom. The summed E-state index contributed by atoms with van der Waals surface area (Å²) in [7, 11) is 0. The molecule has 1 aromatic carbocycles. The van der Waals surface area contributed by atoms with E-state index in [9.17, 15) is 18.0 Å². The summed E-state index contributed by atoms with van der Waals surface area (Å²) >= 11 is 0. The third kappa shape index (κ3) is 2.60. The predicted octanol–water partition coefficient (Wildman–Crippen LogP) is 2.61. The number of halogens is 3. The molecule has 5 nitrogen and oxygen atoms in total. The van der Waals surface area contributed by atoms with Crippen molar-refractivity contribution in [2.45, 2.75) is 6.36 Å². The van der Waals surface area contributed by atoms with Crippen LogP contribution in [0.2, 0.25) is 0 Å². The van der Waals surface area contributed by atoms with Gasteiger partial charge in [0, 0.05) is 11.9 Å². The molecule has 108 valence electrons. The quantitative estimate of drug-likeness (QED) is 0.790. The van der Waals surface area contributed by atoms with E-state index in [4.69, 9.17) is 0 Å². The van der Waals surface area contributed by atoms with Gasteiger partial charge in [-0.25, -0.2) is 4.98 Å². The molecule has 1 N–H and O–H groups in total. The number of aromatic amines is 1. The van der Waals surface area contributed by atoms with Crippen LogP contribution >= 0.6 is 0 Å². The van der Waals surface area contributed by atoms with Crippen molar-refractivity contribution in [3.05, 3.63) is 53.2 Å². The van der Waals surface area contributed by atoms with Crippen molar-refractivity contribution in [3.8, 4) is 11.4 Å². The number of ether oxygens (including phenoxy) is 1. The van der Waals surface area contributed by atoms with Crippen molar-refractivity contribution in [1.82, 2.24) is 14.5 Å². The lowest BCUT2D eigenvalue weighted by atomic mass is 10.3. The highest BCUT2D eigenvalue weighted by atomic mass is 19.4. The third-order valence-corrected chi connectivity index (χ3v) is 2.83. The molecule has 0 aliphatic heterocycles. The minimum absolute atomic E-state index is 0.258. The van der Waals surface area contributed by atoms with Crippen LogP contribution in [0.4, 0.5) is 13.2 Å². The molecule has 3 aromatic rings. The molecule has 0 radical (unpaired) electrons. The summed E-state index contributed by atoms with van der Waals surface area (Å²) in [5.74, 6) is -0.347. The van der Waals surface area contributed by atoms with E-state index in [1.165, 1.54) is 29.2 Å². The van der Waals surface area contributed by atoms with E-state index in [2.05, 4.69) is 14.7 Å². The summed E-state index contributed by atoms with van der Waals surface area (Å²) < 4.78 is 41.3. The Labute approximate surface area is 115 Å². The first-order valence-corrected chi connectivity index (χ1v) is 5.85. The number of hydrogen-bond donors (Lipinski definition) is 1. The van der Waals surface area contributed by atoms with E-state index in [-0.39, 0.29) is 16.8 Å². The standard InChI is InChI=1S/C13H8F3N3O2/c14-13(15,16)21-9-3-1-8(2-4-9)19-6-5-10-11(12(19)20)18-7-17-10/h1-7H,(H,17,18). The van der Waals surface area contributed by atoms with E-state index >= 15 is 0 Å². The minimum Gasteiger partial charge on any atom is -0.406 e. The molecule has 3 rings (SSSR count). The summed E-state index contributed by atoms with van der Waals surface area (Å²) in [5.41, 5.74) is 0.902. The van der Waals surface area contributed by atoms with Gasteiger partial charge in [-0.05, 0) is 30.3 Å². The average molecular weight is 295 g/mol. The van der Waals surface area contributed by atoms with Crippen molar-refractivity contribution in [3.63, 3.8) is 0 Å². The van der Waals surface area contributed by atoms with Gasteiger partial charge < -0.3 is 9.72 Å². The van der Waals surface area contributed by atoms with Crippen molar-refractivity contribution >= 4 is 11.0 Å². The number of nitrogens with zero attached hydrogens (tertiary/aromatic N) is 2. The normalized spacial score (nSPS) is 11.8. The van der Waals surface area contributed by atoms with E-state index in [0.29, 0.717) is 11.2 Å². The number of imidazole rings is 1. The molecular weight excluding hydrogens is 287 g/mol. The van der Waals surface area contributed by atoms with E-state index < -0.39 is 6.36 Å². The molecule has 0 aliphatic carbocycles. The van der Waals surface area contributed by atoms with Gasteiger partial charge in [-0.15, -0.1) is 13.2 Å². The molecule has 0 saturated carbocycles. The molecule has 0 bridgehead atoms. The maximum Gasteiger partial charge on any atom is 0.573 e. The van der Waals surface area contributed by atoms with Gasteiger partial charge in [0.2, 0.25) is 0 Å². The Balaban J connectivity index is 1.99. The number of aromatic nitrogens is 3. The van der Waals surface area contributed by atoms with Crippen molar-refractivity contribution in [1.29, 1.82) is 0 Å². The van der Waals surface area contributed by atoms with Gasteiger partial charge in [0.1, 0.15) is 5.75 Å². The zero-order valence-electron chi connectivity index (χ0n) is 10.4. The summed E-state index contributed by atoms with van der Waals surface area (Å²) in [4.78, 5) is 18.9. The van der Waals surface area contributed by atoms with Gasteiger partial charge in [0.15, 0.2) is 5.52 Å². The van der Waals surface area contributed by atoms with Gasteiger partial charge in [-0.1, -0.05) is 0 Å². The van der Waals surface area contributed by atoms with Crippen molar-refractivity contribution in [2.75, 3.05) is 0 Å². The smallest absolute Gasteiger partial charge is 0.406 e. The lowest BCUT2D eigenvalue weighted by Crippen LogP contribution is -2.18. The van der Waals surface area contributed by atoms with Crippen LogP contribution in [0, 0.1) is 0 Å². The summed E-state index contributed by atoms with van der Waals surface area (Å²) in [5, 5.41) is 0. The number of H-pyrrole nitrogens is 1. The van der Waals surface area contributed by atoms with Crippen LogP contribution in [0.1, 0.15) is 0 Å². The Hall–Kier alpha value is -2.77. The van der Waals surface area contributed by atoms with Crippen LogP contribution in [0.15, 0.2) is 47.7 Å². The maximum atomic E-state index is 12.2. The lowest BCUT2D eigenvalue weighted by molar-refractivity contribution is -0.274. The first-order chi connectivity index (χ1) is 9.94. The predicted molar refractivity (Wildman–Crippen MR) is 68.4 cm³/mol. The Morgan fingerprint density at radius 1 is 1.14 bits per heavy atom. The SMILES string of the molecule is O=c1c2nc[nH]c2ccn1-c1ccc(OC(F)(F)F)cc1. The van der Waals surface area contributed by atoms with Crippen LogP contribution in [0.3, 0.4) is 0 Å². The van der Waals surface area contributed by atoms with Crippen LogP contribution < -0.4 is 10.3 Å². The molecule has 0 saturated heterocycles. The van der Waals surface area contributed by atoms with Crippen LogP contribution in [-0.2, 0) is 0 Å². The molecular formula is C13H8F3N3O2. The minimum atomic E-state index is -4.74. The zero-order chi connectivity index (χ0) is 15.0. The largest absolute Gasteiger partial charge is 0.573 e. The molecule has 0 aliphatic rings. The van der Waals surface area contributed by atoms with Gasteiger partial charge in [0.05, 0.1) is 11.8 Å². The van der Waals surface area contributed by atoms with Crippen molar-refractivity contribution < 1.29 is 17.9 Å². The number of fused-ring (bicyclic) bond motifs is 1. The van der Waals surface area contributed by atoms with Crippen LogP contribution in [0.25, 0.3) is 16.7 Å². The highest BCUT2D eigenvalue weighted by Gasteiger charge is 2.30. The molecule has 0 amide bonds. The first kappa shape index (κ1) is 13.2. The highest BCUT2D eigenvalue weighted by Crippen LogP contribution is 2.23. The maximum absolute atomic E-state index is 12.2. The molecule has 0 spiro atoms. The average Bonchev–Trinajstić information content (AvgIpc) is 2.88. The number of alkyl halides is 3. The Morgan fingerprint density at radius 2 is 1.86 bits per heavy atom. The lowest BCUT2D eigenvalue weighted by Gasteiger charge is -2.10. The number of benzene rings is 1. The molecule has 21 heavy (non-hydrogen) atoms. The second-order valence-electron chi connectivity index (χ2n) is 4.20. The van der Waals surface area contributed by atoms with Gasteiger partial charge in [-0.2, -0.15) is 0 Å². The van der Waals surface area contributed by atoms with E-state index in [1.807, 2.05) is 0 Å². The van der Waals surface area contributed by atoms with Gasteiger partial charge in [-0.3, -0.25) is 9.36 Å². The highest BCUT2D eigenvalue weighted by molar-refractivity contribution is 5.73. The van der Waals surface area contributed by atoms with E-state index in [1.54, 1.807) is 6.07 Å². The van der Waals surface area contributed by atoms with Gasteiger partial charge in [0.25, 0.3) is 5.56 Å². The first-order valence-electron chi connectivity index (χ1n) is 5.85. The second kappa shape index (κ2) is 4.65. The number of nitrogens with one attached hydrogen (secondary N) is 1. The van der Waals surface area contributed by atoms with Crippen molar-refractivity contribution in [2.24, 2.45) is 0 Å². The summed E-state index contributed by atoms with van der Waals surface area (Å²) in [6.07, 6.45) is -1.83. The third-order valence-electron chi connectivity index (χ3n) is 2.83. The molecule has 0 unspecified atom stereocenters. The fraction of sp³-hybridized carbons (Fsp3) is 0.0769. The molecule has 2 aromatic heterocycles. The fourth-order valence-electron chi connectivity index (χ4n) is 1.94. The Bertz CT molecular complexity index is 834. The van der Waals surface area contributed by atoms with Gasteiger partial charge >= 0.3 is 6.36 Å². The fourth-order valence-corrected chi connectivity index (χ4v) is 1.94. The summed E-state index contributed by atoms with van der Waals surface area (Å²) in [6.45, 7) is 0. The summed E-state index contributed by atoms with van der Waals surface area (Å²) in [6, 6.07) is 6.67. The topological polar surface area (TPSA) is 59.9 Å². The second-order valence-corrected chi connectivity index (χ2v) is 4.20. The Kier molecular flexibility index (Phi) is 2.93. The monoisotopic (exact) mass is 295 g/mol. The number of hydrogen-bond acceptors (Lipinski definition) is 3. The zero-order valence-corrected chi connectivity index (χ0v) is 10.4. The molecule has 8 heteroatoms. The molecule has 0 atom stereocenters. The van der Waals surface area contributed by atoms with E-state index in [0.717, 1.165) is 12.1 Å². The van der Waals surface area contributed by atoms with Crippen LogP contribution in [-0.4, -0.2) is 20.9 Å². The van der Waals surface area contributed by atoms with Crippen LogP contribution in [0.5, 0.6) is 5.75 Å².